The molecule has 3 heterocycles. The van der Waals surface area contributed by atoms with Crippen LogP contribution in [0.25, 0.3) is 0 Å². The van der Waals surface area contributed by atoms with Crippen LogP contribution in [0.3, 0.4) is 0 Å². The third-order valence-electron chi connectivity index (χ3n) is 5.18. The molecule has 1 amide bonds. The van der Waals surface area contributed by atoms with Gasteiger partial charge in [-0.3, -0.25) is 9.89 Å². The van der Waals surface area contributed by atoms with Gasteiger partial charge in [-0.05, 0) is 43.9 Å². The summed E-state index contributed by atoms with van der Waals surface area (Å²) < 4.78 is 10.7. The van der Waals surface area contributed by atoms with E-state index in [1.54, 1.807) is 18.2 Å². The number of hydrogen-bond donors (Lipinski definition) is 1. The number of amides is 1. The molecule has 7 nitrogen and oxygen atoms in total. The third-order valence-corrected chi connectivity index (χ3v) is 5.18. The molecule has 1 aromatic heterocycles. The van der Waals surface area contributed by atoms with Gasteiger partial charge in [0.15, 0.2) is 17.3 Å². The van der Waals surface area contributed by atoms with Crippen molar-refractivity contribution in [3.05, 3.63) is 35.4 Å². The van der Waals surface area contributed by atoms with Crippen LogP contribution >= 0.6 is 0 Å². The Bertz CT molecular complexity index is 814. The maximum Gasteiger partial charge on any atom is 0.254 e. The number of carbonyl (C=O) groups is 1. The maximum absolute atomic E-state index is 12.9. The van der Waals surface area contributed by atoms with Gasteiger partial charge in [-0.2, -0.15) is 5.10 Å². The Kier molecular flexibility index (Phi) is 3.39. The van der Waals surface area contributed by atoms with E-state index >= 15 is 0 Å². The lowest BCUT2D eigenvalue weighted by atomic mass is 9.96. The van der Waals surface area contributed by atoms with E-state index in [0.717, 1.165) is 31.0 Å². The largest absolute Gasteiger partial charge is 0.454 e. The van der Waals surface area contributed by atoms with Crippen molar-refractivity contribution < 1.29 is 14.3 Å². The number of benzene rings is 1. The number of aromatic amines is 1. The summed E-state index contributed by atoms with van der Waals surface area (Å²) in [7, 11) is 0. The lowest BCUT2D eigenvalue weighted by Crippen LogP contribution is -2.39. The quantitative estimate of drug-likeness (QED) is 0.928. The van der Waals surface area contributed by atoms with Gasteiger partial charge in [-0.25, -0.2) is 4.98 Å². The van der Waals surface area contributed by atoms with E-state index in [1.807, 2.05) is 4.90 Å². The zero-order valence-corrected chi connectivity index (χ0v) is 13.9. The average molecular weight is 340 g/mol. The van der Waals surface area contributed by atoms with Crippen molar-refractivity contribution in [1.29, 1.82) is 0 Å². The van der Waals surface area contributed by atoms with E-state index in [0.29, 0.717) is 29.5 Å². The lowest BCUT2D eigenvalue weighted by molar-refractivity contribution is 0.0704. The molecule has 1 aliphatic carbocycles. The molecule has 7 heteroatoms. The van der Waals surface area contributed by atoms with Crippen LogP contribution in [-0.4, -0.2) is 45.9 Å². The number of nitrogens with one attached hydrogen (secondary N) is 1. The molecule has 0 radical (unpaired) electrons. The highest BCUT2D eigenvalue weighted by Gasteiger charge is 2.31. The monoisotopic (exact) mass is 340 g/mol. The van der Waals surface area contributed by atoms with Gasteiger partial charge in [-0.1, -0.05) is 0 Å². The second-order valence-electron chi connectivity index (χ2n) is 7.01. The van der Waals surface area contributed by atoms with E-state index in [9.17, 15) is 4.79 Å². The Morgan fingerprint density at radius 3 is 2.92 bits per heavy atom. The minimum absolute atomic E-state index is 0.0287. The number of piperidine rings is 1. The van der Waals surface area contributed by atoms with Gasteiger partial charge >= 0.3 is 0 Å². The fourth-order valence-electron chi connectivity index (χ4n) is 3.59. The number of rotatable bonds is 3. The van der Waals surface area contributed by atoms with Crippen LogP contribution in [0, 0.1) is 0 Å². The zero-order valence-electron chi connectivity index (χ0n) is 13.9. The molecule has 1 unspecified atom stereocenters. The first-order valence-electron chi connectivity index (χ1n) is 8.89. The summed E-state index contributed by atoms with van der Waals surface area (Å²) in [6.45, 7) is 1.64. The van der Waals surface area contributed by atoms with Gasteiger partial charge in [0, 0.05) is 30.5 Å². The van der Waals surface area contributed by atoms with Crippen molar-refractivity contribution >= 4 is 5.91 Å². The molecular weight excluding hydrogens is 320 g/mol. The van der Waals surface area contributed by atoms with E-state index in [1.165, 1.54) is 12.8 Å². The molecule has 1 N–H and O–H groups in total. The molecule has 0 spiro atoms. The molecule has 2 aromatic rings. The Labute approximate surface area is 145 Å². The highest BCUT2D eigenvalue weighted by molar-refractivity contribution is 5.95. The fraction of sp³-hybridized carbons (Fsp3) is 0.500. The molecule has 5 rings (SSSR count). The Hall–Kier alpha value is -2.57. The van der Waals surface area contributed by atoms with E-state index in [4.69, 9.17) is 9.47 Å². The average Bonchev–Trinajstić information content (AvgIpc) is 3.20. The molecule has 1 atom stereocenters. The van der Waals surface area contributed by atoms with Crippen LogP contribution in [-0.2, 0) is 0 Å². The molecule has 1 saturated heterocycles. The van der Waals surface area contributed by atoms with Gasteiger partial charge in [0.2, 0.25) is 6.79 Å². The smallest absolute Gasteiger partial charge is 0.254 e. The number of nitrogens with zero attached hydrogens (tertiary/aromatic N) is 3. The van der Waals surface area contributed by atoms with Gasteiger partial charge in [0.1, 0.15) is 5.82 Å². The molecule has 1 saturated carbocycles. The predicted octanol–water partition coefficient (Wildman–Crippen LogP) is 2.43. The summed E-state index contributed by atoms with van der Waals surface area (Å²) in [5, 5.41) is 7.48. The van der Waals surface area contributed by atoms with E-state index in [2.05, 4.69) is 15.2 Å². The molecule has 25 heavy (non-hydrogen) atoms. The Morgan fingerprint density at radius 1 is 1.16 bits per heavy atom. The second-order valence-corrected chi connectivity index (χ2v) is 7.01. The third kappa shape index (κ3) is 2.73. The first kappa shape index (κ1) is 14.7. The second kappa shape index (κ2) is 5.75. The van der Waals surface area contributed by atoms with Crippen molar-refractivity contribution in [2.24, 2.45) is 0 Å². The SMILES string of the molecule is O=C(c1ccc2c(c1)OCO2)N1CCCC(c2n[nH]c(C3CC3)n2)C1. The number of aromatic nitrogens is 3. The van der Waals surface area contributed by atoms with Gasteiger partial charge in [0.05, 0.1) is 0 Å². The zero-order chi connectivity index (χ0) is 16.8. The molecule has 2 aliphatic heterocycles. The fourth-order valence-corrected chi connectivity index (χ4v) is 3.59. The van der Waals surface area contributed by atoms with Crippen LogP contribution in [0.5, 0.6) is 11.5 Å². The number of hydrogen-bond acceptors (Lipinski definition) is 5. The Morgan fingerprint density at radius 2 is 2.04 bits per heavy atom. The summed E-state index contributed by atoms with van der Waals surface area (Å²) in [6.07, 6.45) is 4.39. The van der Waals surface area contributed by atoms with Crippen molar-refractivity contribution in [2.45, 2.75) is 37.5 Å². The summed E-state index contributed by atoms with van der Waals surface area (Å²) in [4.78, 5) is 19.5. The first-order valence-corrected chi connectivity index (χ1v) is 8.89. The molecule has 0 bridgehead atoms. The first-order chi connectivity index (χ1) is 12.3. The van der Waals surface area contributed by atoms with Crippen molar-refractivity contribution in [3.63, 3.8) is 0 Å². The number of likely N-dealkylation sites (tertiary alicyclic amines) is 1. The van der Waals surface area contributed by atoms with Crippen LogP contribution in [0.1, 0.15) is 59.5 Å². The van der Waals surface area contributed by atoms with Gasteiger partial charge in [0.25, 0.3) is 5.91 Å². The van der Waals surface area contributed by atoms with E-state index in [-0.39, 0.29) is 18.6 Å². The highest BCUT2D eigenvalue weighted by atomic mass is 16.7. The Balaban J connectivity index is 1.32. The van der Waals surface area contributed by atoms with Crippen LogP contribution in [0.15, 0.2) is 18.2 Å². The van der Waals surface area contributed by atoms with Crippen molar-refractivity contribution in [1.82, 2.24) is 20.1 Å². The standard InChI is InChI=1S/C18H20N4O3/c23-18(12-5-6-14-15(8-12)25-10-24-14)22-7-1-2-13(9-22)17-19-16(20-21-17)11-3-4-11/h5-6,8,11,13H,1-4,7,9-10H2,(H,19,20,21). The maximum atomic E-state index is 12.9. The highest BCUT2D eigenvalue weighted by Crippen LogP contribution is 2.38. The summed E-state index contributed by atoms with van der Waals surface area (Å²) in [5.74, 6) is 4.00. The van der Waals surface area contributed by atoms with Crippen LogP contribution < -0.4 is 9.47 Å². The number of fused-ring (bicyclic) bond motifs is 1. The summed E-state index contributed by atoms with van der Waals surface area (Å²) >= 11 is 0. The molecule has 3 aliphatic rings. The van der Waals surface area contributed by atoms with Crippen molar-refractivity contribution in [3.8, 4) is 11.5 Å². The van der Waals surface area contributed by atoms with Gasteiger partial charge in [-0.15, -0.1) is 0 Å². The predicted molar refractivity (Wildman–Crippen MR) is 88.8 cm³/mol. The van der Waals surface area contributed by atoms with Crippen molar-refractivity contribution in [2.75, 3.05) is 19.9 Å². The summed E-state index contributed by atoms with van der Waals surface area (Å²) in [5.41, 5.74) is 0.638. The molecule has 1 aromatic carbocycles. The van der Waals surface area contributed by atoms with Gasteiger partial charge < -0.3 is 14.4 Å². The summed E-state index contributed by atoms with van der Waals surface area (Å²) in [6, 6.07) is 5.37. The lowest BCUT2D eigenvalue weighted by Gasteiger charge is -2.31. The topological polar surface area (TPSA) is 80.3 Å². The van der Waals surface area contributed by atoms with Crippen LogP contribution in [0.4, 0.5) is 0 Å². The molecule has 2 fully saturated rings. The van der Waals surface area contributed by atoms with Crippen LogP contribution in [0.2, 0.25) is 0 Å². The number of ether oxygens (including phenoxy) is 2. The molecular formula is C18H20N4O3. The number of carbonyl (C=O) groups excluding carboxylic acids is 1. The number of H-pyrrole nitrogens is 1. The normalized spacial score (nSPS) is 22.2. The van der Waals surface area contributed by atoms with E-state index < -0.39 is 0 Å². The minimum Gasteiger partial charge on any atom is -0.454 e. The minimum atomic E-state index is 0.0287. The molecule has 130 valence electrons.